The summed E-state index contributed by atoms with van der Waals surface area (Å²) in [6, 6.07) is 0.0611. The molecule has 8 nitrogen and oxygen atoms in total. The highest BCUT2D eigenvalue weighted by molar-refractivity contribution is 14.0. The van der Waals surface area contributed by atoms with Crippen LogP contribution in [0, 0.1) is 13.8 Å². The van der Waals surface area contributed by atoms with Gasteiger partial charge < -0.3 is 24.8 Å². The molecule has 1 aromatic heterocycles. The fraction of sp³-hybridized carbons (Fsp3) is 0.722. The maximum atomic E-state index is 11.9. The monoisotopic (exact) mass is 493 g/mol. The topological polar surface area (TPSA) is 92.0 Å². The zero-order valence-electron chi connectivity index (χ0n) is 17.1. The number of guanidine groups is 1. The molecule has 0 aliphatic carbocycles. The van der Waals surface area contributed by atoms with Gasteiger partial charge in [-0.05, 0) is 47.5 Å². The molecule has 1 amide bonds. The smallest absolute Gasteiger partial charge is 0.407 e. The van der Waals surface area contributed by atoms with Crippen molar-refractivity contribution in [1.82, 2.24) is 20.7 Å². The molecular weight excluding hydrogens is 461 g/mol. The van der Waals surface area contributed by atoms with Crippen molar-refractivity contribution < 1.29 is 14.1 Å². The number of carbonyl (C=O) groups is 1. The van der Waals surface area contributed by atoms with E-state index in [2.05, 4.69) is 25.7 Å². The number of carbonyl (C=O) groups excluding carboxylic acids is 1. The minimum absolute atomic E-state index is 0. The molecular formula is C18H32IN5O3. The third-order valence-corrected chi connectivity index (χ3v) is 4.26. The molecule has 0 spiro atoms. The number of halogens is 1. The summed E-state index contributed by atoms with van der Waals surface area (Å²) in [7, 11) is 1.77. The van der Waals surface area contributed by atoms with Crippen LogP contribution in [-0.2, 0) is 11.2 Å². The first kappa shape index (κ1) is 23.5. The molecule has 1 atom stereocenters. The van der Waals surface area contributed by atoms with Crippen molar-refractivity contribution in [2.24, 2.45) is 4.99 Å². The van der Waals surface area contributed by atoms with E-state index in [-0.39, 0.29) is 36.1 Å². The van der Waals surface area contributed by atoms with Crippen molar-refractivity contribution in [3.8, 4) is 0 Å². The predicted octanol–water partition coefficient (Wildman–Crippen LogP) is 2.63. The molecule has 1 aliphatic rings. The van der Waals surface area contributed by atoms with E-state index in [4.69, 9.17) is 9.26 Å². The molecule has 1 aliphatic heterocycles. The summed E-state index contributed by atoms with van der Waals surface area (Å²) >= 11 is 0. The van der Waals surface area contributed by atoms with Crippen LogP contribution in [0.1, 0.15) is 44.2 Å². The Hall–Kier alpha value is -1.52. The van der Waals surface area contributed by atoms with Crippen LogP contribution in [0.2, 0.25) is 0 Å². The van der Waals surface area contributed by atoms with E-state index < -0.39 is 5.60 Å². The lowest BCUT2D eigenvalue weighted by atomic mass is 10.1. The van der Waals surface area contributed by atoms with Crippen molar-refractivity contribution >= 4 is 36.0 Å². The van der Waals surface area contributed by atoms with Gasteiger partial charge in [-0.3, -0.25) is 4.99 Å². The molecule has 9 heteroatoms. The molecule has 2 N–H and O–H groups in total. The fourth-order valence-corrected chi connectivity index (χ4v) is 3.04. The van der Waals surface area contributed by atoms with Crippen molar-refractivity contribution in [1.29, 1.82) is 0 Å². The number of likely N-dealkylation sites (tertiary alicyclic amines) is 1. The van der Waals surface area contributed by atoms with Gasteiger partial charge >= 0.3 is 6.09 Å². The summed E-state index contributed by atoms with van der Waals surface area (Å²) in [6.07, 6.45) is 1.32. The molecule has 1 saturated heterocycles. The van der Waals surface area contributed by atoms with Crippen molar-refractivity contribution in [2.75, 3.05) is 26.7 Å². The summed E-state index contributed by atoms with van der Waals surface area (Å²) in [5.41, 5.74) is 1.58. The molecule has 0 aromatic carbocycles. The first-order valence-corrected chi connectivity index (χ1v) is 9.06. The van der Waals surface area contributed by atoms with E-state index in [0.29, 0.717) is 6.54 Å². The average Bonchev–Trinajstić information content (AvgIpc) is 3.10. The molecule has 2 rings (SSSR count). The Bertz CT molecular complexity index is 634. The second-order valence-electron chi connectivity index (χ2n) is 7.60. The largest absolute Gasteiger partial charge is 0.444 e. The Morgan fingerprint density at radius 2 is 2.11 bits per heavy atom. The number of alkyl carbamates (subject to hydrolysis) is 1. The van der Waals surface area contributed by atoms with Crippen LogP contribution in [0.5, 0.6) is 0 Å². The van der Waals surface area contributed by atoms with Crippen molar-refractivity contribution in [2.45, 2.75) is 59.1 Å². The van der Waals surface area contributed by atoms with Gasteiger partial charge in [-0.2, -0.15) is 0 Å². The van der Waals surface area contributed by atoms with Crippen molar-refractivity contribution in [3.05, 3.63) is 17.0 Å². The van der Waals surface area contributed by atoms with Gasteiger partial charge in [0.15, 0.2) is 5.96 Å². The summed E-state index contributed by atoms with van der Waals surface area (Å²) in [5.74, 6) is 1.70. The van der Waals surface area contributed by atoms with Crippen LogP contribution in [-0.4, -0.2) is 60.4 Å². The van der Waals surface area contributed by atoms with Gasteiger partial charge in [-0.15, -0.1) is 24.0 Å². The molecule has 1 unspecified atom stereocenters. The molecule has 0 saturated carbocycles. The van der Waals surface area contributed by atoms with Gasteiger partial charge in [-0.25, -0.2) is 4.79 Å². The van der Waals surface area contributed by atoms with E-state index in [1.807, 2.05) is 34.6 Å². The summed E-state index contributed by atoms with van der Waals surface area (Å²) in [6.45, 7) is 11.8. The second-order valence-corrected chi connectivity index (χ2v) is 7.60. The van der Waals surface area contributed by atoms with Gasteiger partial charge in [0.25, 0.3) is 0 Å². The van der Waals surface area contributed by atoms with Gasteiger partial charge in [0, 0.05) is 32.2 Å². The van der Waals surface area contributed by atoms with Crippen LogP contribution in [0.3, 0.4) is 0 Å². The van der Waals surface area contributed by atoms with Gasteiger partial charge in [0.05, 0.1) is 11.7 Å². The third kappa shape index (κ3) is 7.19. The van der Waals surface area contributed by atoms with Crippen LogP contribution in [0.4, 0.5) is 4.79 Å². The number of hydrogen-bond acceptors (Lipinski definition) is 5. The maximum Gasteiger partial charge on any atom is 0.407 e. The van der Waals surface area contributed by atoms with Crippen LogP contribution in [0.15, 0.2) is 9.52 Å². The fourth-order valence-electron chi connectivity index (χ4n) is 3.04. The molecule has 0 radical (unpaired) electrons. The zero-order chi connectivity index (χ0) is 19.3. The van der Waals surface area contributed by atoms with Crippen LogP contribution < -0.4 is 10.6 Å². The molecule has 27 heavy (non-hydrogen) atoms. The molecule has 0 bridgehead atoms. The Morgan fingerprint density at radius 3 is 2.67 bits per heavy atom. The summed E-state index contributed by atoms with van der Waals surface area (Å²) in [4.78, 5) is 18.4. The zero-order valence-corrected chi connectivity index (χ0v) is 19.4. The lowest BCUT2D eigenvalue weighted by Crippen LogP contribution is -2.44. The number of aromatic nitrogens is 1. The van der Waals surface area contributed by atoms with E-state index >= 15 is 0 Å². The summed E-state index contributed by atoms with van der Waals surface area (Å²) < 4.78 is 10.5. The number of amides is 1. The van der Waals surface area contributed by atoms with E-state index in [0.717, 1.165) is 48.9 Å². The first-order valence-electron chi connectivity index (χ1n) is 9.06. The van der Waals surface area contributed by atoms with Gasteiger partial charge in [0.1, 0.15) is 11.4 Å². The Labute approximate surface area is 178 Å². The molecule has 154 valence electrons. The molecule has 1 fully saturated rings. The quantitative estimate of drug-likeness (QED) is 0.381. The normalized spacial score (nSPS) is 17.5. The van der Waals surface area contributed by atoms with Crippen LogP contribution >= 0.6 is 24.0 Å². The number of nitrogens with one attached hydrogen (secondary N) is 2. The van der Waals surface area contributed by atoms with E-state index in [1.54, 1.807) is 7.05 Å². The van der Waals surface area contributed by atoms with Gasteiger partial charge in [-0.1, -0.05) is 5.16 Å². The number of aryl methyl sites for hydroxylation is 2. The van der Waals surface area contributed by atoms with E-state index in [9.17, 15) is 4.79 Å². The number of hydrogen-bond donors (Lipinski definition) is 2. The number of aliphatic imine (C=N–C) groups is 1. The lowest BCUT2D eigenvalue weighted by molar-refractivity contribution is 0.0507. The van der Waals surface area contributed by atoms with E-state index in [1.165, 1.54) is 0 Å². The minimum Gasteiger partial charge on any atom is -0.444 e. The number of nitrogens with zero attached hydrogens (tertiary/aromatic N) is 3. The molecule has 1 aromatic rings. The number of rotatable bonds is 4. The highest BCUT2D eigenvalue weighted by Crippen LogP contribution is 2.14. The minimum atomic E-state index is -0.488. The second kappa shape index (κ2) is 10.1. The maximum absolute atomic E-state index is 11.9. The Morgan fingerprint density at radius 1 is 1.41 bits per heavy atom. The number of ether oxygens (including phenoxy) is 1. The SMILES string of the molecule is CN=C(NCCc1c(C)noc1C)N1CCC(NC(=O)OC(C)(C)C)C1.I. The Kier molecular flexibility index (Phi) is 8.83. The lowest BCUT2D eigenvalue weighted by Gasteiger charge is -2.23. The summed E-state index contributed by atoms with van der Waals surface area (Å²) in [5, 5.41) is 10.3. The van der Waals surface area contributed by atoms with Gasteiger partial charge in [0.2, 0.25) is 0 Å². The Balaban J connectivity index is 0.00000364. The molecule has 2 heterocycles. The van der Waals surface area contributed by atoms with Crippen molar-refractivity contribution in [3.63, 3.8) is 0 Å². The average molecular weight is 493 g/mol. The third-order valence-electron chi connectivity index (χ3n) is 4.26. The highest BCUT2D eigenvalue weighted by atomic mass is 127. The predicted molar refractivity (Wildman–Crippen MR) is 116 cm³/mol. The standard InChI is InChI=1S/C18H31N5O3.HI/c1-12-15(13(2)26-22-12)7-9-20-16(19-6)23-10-8-14(11-23)21-17(24)25-18(3,4)5;/h14H,7-11H2,1-6H3,(H,19,20)(H,21,24);1H. The first-order chi connectivity index (χ1) is 12.2. The highest BCUT2D eigenvalue weighted by Gasteiger charge is 2.27. The van der Waals surface area contributed by atoms with Crippen LogP contribution in [0.25, 0.3) is 0 Å².